The third-order valence-corrected chi connectivity index (χ3v) is 8.45. The van der Waals surface area contributed by atoms with Gasteiger partial charge in [0.2, 0.25) is 0 Å². The number of aromatic nitrogens is 1. The minimum Gasteiger partial charge on any atom is -0.508 e. The maximum absolute atomic E-state index is 14.2. The molecule has 1 aromatic heterocycles. The molecule has 2 unspecified atom stereocenters. The SMILES string of the molecule is Cn1c2c(c3cc(F)ccc31)CC1CN(CCc3ccccc3)CCC1(c1cccc(O)c1)C2. The van der Waals surface area contributed by atoms with Crippen molar-refractivity contribution in [3.8, 4) is 5.75 Å². The number of likely N-dealkylation sites (tertiary alicyclic amines) is 1. The fourth-order valence-corrected chi connectivity index (χ4v) is 6.61. The molecule has 0 radical (unpaired) electrons. The number of aromatic hydroxyl groups is 1. The Balaban J connectivity index is 1.38. The fraction of sp³-hybridized carbons (Fsp3) is 0.333. The second kappa shape index (κ2) is 8.28. The van der Waals surface area contributed by atoms with Gasteiger partial charge in [-0.3, -0.25) is 0 Å². The summed E-state index contributed by atoms with van der Waals surface area (Å²) in [6, 6.07) is 23.8. The van der Waals surface area contributed by atoms with E-state index in [1.807, 2.05) is 18.2 Å². The van der Waals surface area contributed by atoms with Crippen molar-refractivity contribution >= 4 is 10.9 Å². The fourth-order valence-electron chi connectivity index (χ4n) is 6.61. The number of fused-ring (bicyclic) bond motifs is 4. The van der Waals surface area contributed by atoms with Gasteiger partial charge in [0.25, 0.3) is 0 Å². The molecule has 1 aliphatic heterocycles. The number of phenols is 1. The lowest BCUT2D eigenvalue weighted by Gasteiger charge is -2.51. The molecule has 0 saturated carbocycles. The summed E-state index contributed by atoms with van der Waals surface area (Å²) in [4.78, 5) is 2.61. The van der Waals surface area contributed by atoms with Crippen LogP contribution in [0, 0.1) is 11.7 Å². The molecule has 1 fully saturated rings. The van der Waals surface area contributed by atoms with E-state index in [1.165, 1.54) is 22.4 Å². The Bertz CT molecular complexity index is 1340. The maximum Gasteiger partial charge on any atom is 0.123 e. The van der Waals surface area contributed by atoms with Crippen molar-refractivity contribution < 1.29 is 9.50 Å². The number of aryl methyl sites for hydroxylation is 1. The zero-order chi connectivity index (χ0) is 23.3. The standard InChI is InChI=1S/C30H31FN2O/c1-32-28-11-10-24(31)18-27(28)26-17-23-20-33(14-12-21-6-3-2-4-7-21)15-13-30(23,19-29(26)32)22-8-5-9-25(34)16-22/h2-11,16,18,23,34H,12-15,17,19-20H2,1H3. The topological polar surface area (TPSA) is 28.4 Å². The Morgan fingerprint density at radius 3 is 2.71 bits per heavy atom. The Morgan fingerprint density at radius 2 is 1.88 bits per heavy atom. The van der Waals surface area contributed by atoms with Crippen molar-refractivity contribution in [2.45, 2.75) is 31.1 Å². The molecule has 3 nitrogen and oxygen atoms in total. The predicted molar refractivity (Wildman–Crippen MR) is 135 cm³/mol. The second-order valence-electron chi connectivity index (χ2n) is 10.2. The number of hydrogen-bond acceptors (Lipinski definition) is 2. The van der Waals surface area contributed by atoms with Gasteiger partial charge in [0.15, 0.2) is 0 Å². The van der Waals surface area contributed by atoms with Crippen molar-refractivity contribution in [1.29, 1.82) is 0 Å². The molecule has 2 aliphatic rings. The Hall–Kier alpha value is -3.11. The van der Waals surface area contributed by atoms with Crippen LogP contribution in [-0.2, 0) is 31.7 Å². The van der Waals surface area contributed by atoms with E-state index in [4.69, 9.17) is 0 Å². The molecule has 4 aromatic rings. The highest BCUT2D eigenvalue weighted by Crippen LogP contribution is 2.50. The van der Waals surface area contributed by atoms with Crippen LogP contribution in [0.1, 0.15) is 28.8 Å². The van der Waals surface area contributed by atoms with Crippen LogP contribution < -0.4 is 0 Å². The summed E-state index contributed by atoms with van der Waals surface area (Å²) >= 11 is 0. The first-order valence-corrected chi connectivity index (χ1v) is 12.3. The molecule has 3 aromatic carbocycles. The highest BCUT2D eigenvalue weighted by Gasteiger charge is 2.48. The van der Waals surface area contributed by atoms with E-state index in [0.717, 1.165) is 56.2 Å². The van der Waals surface area contributed by atoms with Gasteiger partial charge >= 0.3 is 0 Å². The van der Waals surface area contributed by atoms with E-state index in [9.17, 15) is 9.50 Å². The third kappa shape index (κ3) is 3.52. The molecule has 1 saturated heterocycles. The first-order chi connectivity index (χ1) is 16.5. The van der Waals surface area contributed by atoms with E-state index in [-0.39, 0.29) is 11.2 Å². The summed E-state index contributed by atoms with van der Waals surface area (Å²) in [5, 5.41) is 11.4. The molecular weight excluding hydrogens is 423 g/mol. The molecule has 6 rings (SSSR count). The van der Waals surface area contributed by atoms with Gasteiger partial charge in [0.1, 0.15) is 11.6 Å². The summed E-state index contributed by atoms with van der Waals surface area (Å²) in [7, 11) is 2.12. The van der Waals surface area contributed by atoms with Crippen molar-refractivity contribution in [2.24, 2.45) is 13.0 Å². The second-order valence-corrected chi connectivity index (χ2v) is 10.2. The molecule has 0 spiro atoms. The molecule has 2 heterocycles. The molecule has 34 heavy (non-hydrogen) atoms. The van der Waals surface area contributed by atoms with Gasteiger partial charge in [0.05, 0.1) is 0 Å². The van der Waals surface area contributed by atoms with Crippen LogP contribution >= 0.6 is 0 Å². The Labute approximate surface area is 200 Å². The van der Waals surface area contributed by atoms with Gasteiger partial charge in [-0.1, -0.05) is 42.5 Å². The normalized spacial score (nSPS) is 22.5. The van der Waals surface area contributed by atoms with Crippen molar-refractivity contribution in [3.63, 3.8) is 0 Å². The van der Waals surface area contributed by atoms with Crippen LogP contribution in [0.2, 0.25) is 0 Å². The van der Waals surface area contributed by atoms with E-state index >= 15 is 0 Å². The van der Waals surface area contributed by atoms with Crippen LogP contribution in [0.25, 0.3) is 10.9 Å². The van der Waals surface area contributed by atoms with E-state index in [1.54, 1.807) is 18.2 Å². The first-order valence-electron chi connectivity index (χ1n) is 12.3. The molecule has 0 bridgehead atoms. The zero-order valence-corrected chi connectivity index (χ0v) is 19.7. The van der Waals surface area contributed by atoms with Crippen molar-refractivity contribution in [3.05, 3.63) is 101 Å². The van der Waals surface area contributed by atoms with Crippen LogP contribution in [-0.4, -0.2) is 34.2 Å². The van der Waals surface area contributed by atoms with E-state index in [2.05, 4.69) is 52.9 Å². The Morgan fingerprint density at radius 1 is 1.03 bits per heavy atom. The molecule has 1 N–H and O–H groups in total. The summed E-state index contributed by atoms with van der Waals surface area (Å²) in [6.45, 7) is 3.12. The number of nitrogens with zero attached hydrogens (tertiary/aromatic N) is 2. The lowest BCUT2D eigenvalue weighted by atomic mass is 9.58. The maximum atomic E-state index is 14.2. The highest BCUT2D eigenvalue weighted by molar-refractivity contribution is 5.86. The number of rotatable bonds is 4. The average molecular weight is 455 g/mol. The highest BCUT2D eigenvalue weighted by atomic mass is 19.1. The smallest absolute Gasteiger partial charge is 0.123 e. The van der Waals surface area contributed by atoms with Crippen molar-refractivity contribution in [1.82, 2.24) is 9.47 Å². The summed E-state index contributed by atoms with van der Waals surface area (Å²) in [5.74, 6) is 0.584. The lowest BCUT2D eigenvalue weighted by molar-refractivity contribution is 0.0815. The largest absolute Gasteiger partial charge is 0.508 e. The van der Waals surface area contributed by atoms with E-state index < -0.39 is 0 Å². The van der Waals surface area contributed by atoms with Gasteiger partial charge in [-0.05, 0) is 85.2 Å². The molecule has 0 amide bonds. The lowest BCUT2D eigenvalue weighted by Crippen LogP contribution is -2.54. The number of phenolic OH excluding ortho intramolecular Hbond substituents is 1. The van der Waals surface area contributed by atoms with Gasteiger partial charge in [-0.15, -0.1) is 0 Å². The zero-order valence-electron chi connectivity index (χ0n) is 19.7. The number of piperidine rings is 1. The van der Waals surface area contributed by atoms with Crippen LogP contribution in [0.5, 0.6) is 5.75 Å². The average Bonchev–Trinajstić information content (AvgIpc) is 3.12. The van der Waals surface area contributed by atoms with E-state index in [0.29, 0.717) is 11.7 Å². The monoisotopic (exact) mass is 454 g/mol. The van der Waals surface area contributed by atoms with Gasteiger partial charge < -0.3 is 14.6 Å². The third-order valence-electron chi connectivity index (χ3n) is 8.45. The molecule has 174 valence electrons. The quantitative estimate of drug-likeness (QED) is 0.433. The Kier molecular flexibility index (Phi) is 5.22. The minimum absolute atomic E-state index is 0.0182. The first kappa shape index (κ1) is 21.4. The van der Waals surface area contributed by atoms with Crippen LogP contribution in [0.15, 0.2) is 72.8 Å². The molecule has 2 atom stereocenters. The van der Waals surface area contributed by atoms with Gasteiger partial charge in [-0.25, -0.2) is 4.39 Å². The molecular formula is C30H31FN2O. The number of hydrogen-bond donors (Lipinski definition) is 1. The molecule has 1 aliphatic carbocycles. The minimum atomic E-state index is -0.168. The van der Waals surface area contributed by atoms with Crippen LogP contribution in [0.3, 0.4) is 0 Å². The van der Waals surface area contributed by atoms with Gasteiger partial charge in [0, 0.05) is 42.1 Å². The number of benzene rings is 3. The van der Waals surface area contributed by atoms with Crippen molar-refractivity contribution in [2.75, 3.05) is 19.6 Å². The summed E-state index contributed by atoms with van der Waals surface area (Å²) < 4.78 is 16.5. The summed E-state index contributed by atoms with van der Waals surface area (Å²) in [6.07, 6.45) is 3.98. The van der Waals surface area contributed by atoms with Crippen LogP contribution in [0.4, 0.5) is 4.39 Å². The summed E-state index contributed by atoms with van der Waals surface area (Å²) in [5.41, 5.74) is 6.33. The van der Waals surface area contributed by atoms with Gasteiger partial charge in [-0.2, -0.15) is 0 Å². The number of halogens is 1. The molecule has 4 heteroatoms. The predicted octanol–water partition coefficient (Wildman–Crippen LogP) is 5.62.